The first-order valence-electron chi connectivity index (χ1n) is 5.06. The molecule has 0 spiro atoms. The molecule has 0 bridgehead atoms. The summed E-state index contributed by atoms with van der Waals surface area (Å²) in [5.74, 6) is 0.672. The van der Waals surface area contributed by atoms with Crippen molar-refractivity contribution < 1.29 is 0 Å². The molecule has 2 aromatic rings. The Labute approximate surface area is 90.2 Å². The van der Waals surface area contributed by atoms with Gasteiger partial charge in [0, 0.05) is 18.6 Å². The van der Waals surface area contributed by atoms with Crippen LogP contribution in [-0.2, 0) is 0 Å². The molecule has 0 amide bonds. The molecule has 0 N–H and O–H groups in total. The lowest BCUT2D eigenvalue weighted by atomic mass is 10.3. The zero-order valence-corrected chi connectivity index (χ0v) is 9.31. The maximum absolute atomic E-state index is 4.17. The van der Waals surface area contributed by atoms with Crippen LogP contribution in [0, 0.1) is 6.92 Å². The molecule has 0 aliphatic heterocycles. The summed E-state index contributed by atoms with van der Waals surface area (Å²) in [4.78, 5) is 12.5. The summed E-state index contributed by atoms with van der Waals surface area (Å²) in [6, 6.07) is 5.69. The predicted molar refractivity (Wildman–Crippen MR) is 61.3 cm³/mol. The zero-order valence-electron chi connectivity index (χ0n) is 9.31. The third kappa shape index (κ3) is 3.13. The molecule has 0 aromatic carbocycles. The van der Waals surface area contributed by atoms with Crippen molar-refractivity contribution in [3.8, 4) is 11.5 Å². The standard InChI is InChI=1S/C10H9N3.C2H6/c1-8-6-12-10(13-7-8)9-4-2-3-5-11-9;1-2/h2-7H,1H3;1-2H3. The van der Waals surface area contributed by atoms with Gasteiger partial charge >= 0.3 is 0 Å². The summed E-state index contributed by atoms with van der Waals surface area (Å²) in [5.41, 5.74) is 1.86. The van der Waals surface area contributed by atoms with Crippen molar-refractivity contribution >= 4 is 0 Å². The first-order chi connectivity index (χ1) is 7.36. The van der Waals surface area contributed by atoms with E-state index in [-0.39, 0.29) is 0 Å². The van der Waals surface area contributed by atoms with Crippen molar-refractivity contribution in [2.24, 2.45) is 0 Å². The van der Waals surface area contributed by atoms with Crippen LogP contribution in [0.1, 0.15) is 19.4 Å². The monoisotopic (exact) mass is 201 g/mol. The van der Waals surface area contributed by atoms with E-state index in [9.17, 15) is 0 Å². The molecule has 78 valence electrons. The number of hydrogen-bond donors (Lipinski definition) is 0. The van der Waals surface area contributed by atoms with Gasteiger partial charge in [-0.05, 0) is 24.6 Å². The number of rotatable bonds is 1. The minimum Gasteiger partial charge on any atom is -0.253 e. The van der Waals surface area contributed by atoms with E-state index in [0.717, 1.165) is 11.3 Å². The predicted octanol–water partition coefficient (Wildman–Crippen LogP) is 2.87. The summed E-state index contributed by atoms with van der Waals surface area (Å²) < 4.78 is 0. The lowest BCUT2D eigenvalue weighted by Gasteiger charge is -1.97. The van der Waals surface area contributed by atoms with Crippen molar-refractivity contribution in [1.29, 1.82) is 0 Å². The largest absolute Gasteiger partial charge is 0.253 e. The van der Waals surface area contributed by atoms with E-state index in [0.29, 0.717) is 5.82 Å². The van der Waals surface area contributed by atoms with Crippen LogP contribution in [0.5, 0.6) is 0 Å². The van der Waals surface area contributed by atoms with Gasteiger partial charge in [0.1, 0.15) is 5.69 Å². The first-order valence-corrected chi connectivity index (χ1v) is 5.06. The molecular formula is C12H15N3. The van der Waals surface area contributed by atoms with Crippen molar-refractivity contribution in [1.82, 2.24) is 15.0 Å². The summed E-state index contributed by atoms with van der Waals surface area (Å²) in [7, 11) is 0. The van der Waals surface area contributed by atoms with E-state index in [2.05, 4.69) is 15.0 Å². The zero-order chi connectivity index (χ0) is 11.1. The van der Waals surface area contributed by atoms with Crippen LogP contribution < -0.4 is 0 Å². The Morgan fingerprint density at radius 1 is 0.933 bits per heavy atom. The average Bonchev–Trinajstić information content (AvgIpc) is 2.34. The third-order valence-electron chi connectivity index (χ3n) is 1.67. The van der Waals surface area contributed by atoms with Gasteiger partial charge in [0.05, 0.1) is 0 Å². The Balaban J connectivity index is 0.000000531. The van der Waals surface area contributed by atoms with Crippen molar-refractivity contribution in [3.63, 3.8) is 0 Å². The van der Waals surface area contributed by atoms with Gasteiger partial charge in [-0.3, -0.25) is 4.98 Å². The SMILES string of the molecule is CC.Cc1cnc(-c2ccccn2)nc1. The Morgan fingerprint density at radius 2 is 1.60 bits per heavy atom. The fraction of sp³-hybridized carbons (Fsp3) is 0.250. The van der Waals surface area contributed by atoms with Gasteiger partial charge in [-0.15, -0.1) is 0 Å². The molecule has 0 unspecified atom stereocenters. The number of nitrogens with zero attached hydrogens (tertiary/aromatic N) is 3. The second-order valence-electron chi connectivity index (χ2n) is 2.80. The average molecular weight is 201 g/mol. The molecule has 0 saturated heterocycles. The van der Waals surface area contributed by atoms with Crippen LogP contribution in [0.15, 0.2) is 36.8 Å². The fourth-order valence-electron chi connectivity index (χ4n) is 1.02. The van der Waals surface area contributed by atoms with E-state index in [1.54, 1.807) is 18.6 Å². The molecule has 0 aliphatic carbocycles. The van der Waals surface area contributed by atoms with Crippen molar-refractivity contribution in [3.05, 3.63) is 42.4 Å². The number of aryl methyl sites for hydroxylation is 1. The van der Waals surface area contributed by atoms with Gasteiger partial charge in [-0.1, -0.05) is 19.9 Å². The van der Waals surface area contributed by atoms with Crippen LogP contribution in [0.2, 0.25) is 0 Å². The van der Waals surface area contributed by atoms with Gasteiger partial charge in [0.15, 0.2) is 5.82 Å². The van der Waals surface area contributed by atoms with Gasteiger partial charge in [-0.25, -0.2) is 9.97 Å². The van der Waals surface area contributed by atoms with E-state index in [1.807, 2.05) is 39.0 Å². The Morgan fingerprint density at radius 3 is 2.13 bits per heavy atom. The molecule has 0 aliphatic rings. The van der Waals surface area contributed by atoms with Crippen molar-refractivity contribution in [2.75, 3.05) is 0 Å². The molecular weight excluding hydrogens is 186 g/mol. The van der Waals surface area contributed by atoms with Crippen LogP contribution in [0.3, 0.4) is 0 Å². The molecule has 0 atom stereocenters. The van der Waals surface area contributed by atoms with Gasteiger partial charge in [-0.2, -0.15) is 0 Å². The normalized spacial score (nSPS) is 9.00. The number of hydrogen-bond acceptors (Lipinski definition) is 3. The number of pyridine rings is 1. The topological polar surface area (TPSA) is 38.7 Å². The fourth-order valence-corrected chi connectivity index (χ4v) is 1.02. The molecule has 0 saturated carbocycles. The summed E-state index contributed by atoms with van der Waals surface area (Å²) in [6.07, 6.45) is 5.31. The van der Waals surface area contributed by atoms with E-state index < -0.39 is 0 Å². The minimum absolute atomic E-state index is 0.672. The molecule has 3 nitrogen and oxygen atoms in total. The lowest BCUT2D eigenvalue weighted by molar-refractivity contribution is 1.11. The van der Waals surface area contributed by atoms with Crippen LogP contribution in [0.25, 0.3) is 11.5 Å². The minimum atomic E-state index is 0.672. The molecule has 2 rings (SSSR count). The van der Waals surface area contributed by atoms with E-state index in [4.69, 9.17) is 0 Å². The summed E-state index contributed by atoms with van der Waals surface area (Å²) >= 11 is 0. The second kappa shape index (κ2) is 5.86. The highest BCUT2D eigenvalue weighted by Crippen LogP contribution is 2.09. The highest BCUT2D eigenvalue weighted by atomic mass is 14.9. The van der Waals surface area contributed by atoms with Crippen molar-refractivity contribution in [2.45, 2.75) is 20.8 Å². The lowest BCUT2D eigenvalue weighted by Crippen LogP contribution is -1.90. The highest BCUT2D eigenvalue weighted by molar-refractivity contribution is 5.47. The van der Waals surface area contributed by atoms with Crippen LogP contribution >= 0.6 is 0 Å². The maximum atomic E-state index is 4.17. The number of aromatic nitrogens is 3. The van der Waals surface area contributed by atoms with Gasteiger partial charge < -0.3 is 0 Å². The maximum Gasteiger partial charge on any atom is 0.178 e. The third-order valence-corrected chi connectivity index (χ3v) is 1.67. The molecule has 15 heavy (non-hydrogen) atoms. The summed E-state index contributed by atoms with van der Waals surface area (Å²) in [5, 5.41) is 0. The summed E-state index contributed by atoms with van der Waals surface area (Å²) in [6.45, 7) is 5.96. The van der Waals surface area contributed by atoms with Crippen LogP contribution in [-0.4, -0.2) is 15.0 Å². The Hall–Kier alpha value is -1.77. The van der Waals surface area contributed by atoms with E-state index in [1.165, 1.54) is 0 Å². The smallest absolute Gasteiger partial charge is 0.178 e. The molecule has 0 radical (unpaired) electrons. The van der Waals surface area contributed by atoms with Crippen LogP contribution in [0.4, 0.5) is 0 Å². The molecule has 2 heterocycles. The first kappa shape index (κ1) is 11.3. The highest BCUT2D eigenvalue weighted by Gasteiger charge is 1.99. The second-order valence-corrected chi connectivity index (χ2v) is 2.80. The Bertz CT molecular complexity index is 381. The molecule has 3 heteroatoms. The quantitative estimate of drug-likeness (QED) is 0.712. The van der Waals surface area contributed by atoms with Gasteiger partial charge in [0.2, 0.25) is 0 Å². The molecule has 2 aromatic heterocycles. The Kier molecular flexibility index (Phi) is 4.41. The molecule has 0 fully saturated rings. The van der Waals surface area contributed by atoms with Gasteiger partial charge in [0.25, 0.3) is 0 Å². The van der Waals surface area contributed by atoms with E-state index >= 15 is 0 Å².